The summed E-state index contributed by atoms with van der Waals surface area (Å²) in [5, 5.41) is 13.3. The highest BCUT2D eigenvalue weighted by atomic mass is 16.3. The van der Waals surface area contributed by atoms with Gasteiger partial charge in [0.05, 0.1) is 6.10 Å². The molecule has 0 aromatic heterocycles. The minimum absolute atomic E-state index is 0.0812. The van der Waals surface area contributed by atoms with Crippen LogP contribution >= 0.6 is 0 Å². The monoisotopic (exact) mass is 197 g/mol. The van der Waals surface area contributed by atoms with Crippen LogP contribution in [-0.2, 0) is 0 Å². The van der Waals surface area contributed by atoms with Crippen LogP contribution in [0.3, 0.4) is 0 Å². The Morgan fingerprint density at radius 3 is 2.50 bits per heavy atom. The Morgan fingerprint density at radius 2 is 2.07 bits per heavy atom. The molecule has 0 radical (unpaired) electrons. The van der Waals surface area contributed by atoms with Gasteiger partial charge in [0.25, 0.3) is 0 Å². The first-order valence-corrected chi connectivity index (χ1v) is 5.94. The van der Waals surface area contributed by atoms with Gasteiger partial charge < -0.3 is 10.4 Å². The SMILES string of the molecule is CC(CC1CC1)NC1CC(O)C1(C)C. The molecule has 0 spiro atoms. The van der Waals surface area contributed by atoms with Crippen molar-refractivity contribution in [3.05, 3.63) is 0 Å². The third-order valence-corrected chi connectivity index (χ3v) is 4.09. The van der Waals surface area contributed by atoms with E-state index in [1.165, 1.54) is 19.3 Å². The third kappa shape index (κ3) is 1.96. The molecule has 2 saturated carbocycles. The maximum atomic E-state index is 9.61. The second-order valence-electron chi connectivity index (χ2n) is 5.87. The molecule has 2 rings (SSSR count). The quantitative estimate of drug-likeness (QED) is 0.721. The summed E-state index contributed by atoms with van der Waals surface area (Å²) in [6.07, 6.45) is 5.02. The summed E-state index contributed by atoms with van der Waals surface area (Å²) in [5.41, 5.74) is 0.0812. The highest BCUT2D eigenvalue weighted by Gasteiger charge is 2.47. The van der Waals surface area contributed by atoms with Crippen molar-refractivity contribution >= 4 is 0 Å². The van der Waals surface area contributed by atoms with Gasteiger partial charge in [-0.05, 0) is 25.7 Å². The zero-order valence-electron chi connectivity index (χ0n) is 9.59. The molecule has 2 N–H and O–H groups in total. The number of aliphatic hydroxyl groups excluding tert-OH is 1. The highest BCUT2D eigenvalue weighted by Crippen LogP contribution is 2.41. The fourth-order valence-corrected chi connectivity index (χ4v) is 2.45. The molecule has 3 atom stereocenters. The summed E-state index contributed by atoms with van der Waals surface area (Å²) in [6.45, 7) is 6.59. The van der Waals surface area contributed by atoms with Crippen LogP contribution < -0.4 is 5.32 Å². The molecule has 82 valence electrons. The van der Waals surface area contributed by atoms with E-state index in [9.17, 15) is 5.11 Å². The summed E-state index contributed by atoms with van der Waals surface area (Å²) < 4.78 is 0. The Morgan fingerprint density at radius 1 is 1.43 bits per heavy atom. The number of rotatable bonds is 4. The summed E-state index contributed by atoms with van der Waals surface area (Å²) >= 11 is 0. The van der Waals surface area contributed by atoms with Crippen molar-refractivity contribution in [3.8, 4) is 0 Å². The highest BCUT2D eigenvalue weighted by molar-refractivity contribution is 5.02. The van der Waals surface area contributed by atoms with Crippen LogP contribution in [0, 0.1) is 11.3 Å². The van der Waals surface area contributed by atoms with Crippen LogP contribution in [0.5, 0.6) is 0 Å². The lowest BCUT2D eigenvalue weighted by Gasteiger charge is -2.50. The molecule has 2 aliphatic rings. The van der Waals surface area contributed by atoms with Gasteiger partial charge in [0.15, 0.2) is 0 Å². The molecule has 0 bridgehead atoms. The molecule has 0 aliphatic heterocycles. The fourth-order valence-electron chi connectivity index (χ4n) is 2.45. The Bertz CT molecular complexity index is 210. The minimum Gasteiger partial charge on any atom is -0.392 e. The van der Waals surface area contributed by atoms with E-state index in [0.29, 0.717) is 12.1 Å². The van der Waals surface area contributed by atoms with E-state index in [1.54, 1.807) is 0 Å². The molecular formula is C12H23NO. The van der Waals surface area contributed by atoms with Gasteiger partial charge in [0.1, 0.15) is 0 Å². The minimum atomic E-state index is -0.104. The van der Waals surface area contributed by atoms with E-state index in [-0.39, 0.29) is 11.5 Å². The van der Waals surface area contributed by atoms with Crippen LogP contribution in [0.1, 0.15) is 46.5 Å². The predicted molar refractivity (Wildman–Crippen MR) is 58.1 cm³/mol. The van der Waals surface area contributed by atoms with Crippen molar-refractivity contribution in [2.75, 3.05) is 0 Å². The molecule has 0 heterocycles. The van der Waals surface area contributed by atoms with E-state index in [1.807, 2.05) is 0 Å². The molecule has 0 amide bonds. The normalized spacial score (nSPS) is 37.7. The van der Waals surface area contributed by atoms with Crippen LogP contribution in [-0.4, -0.2) is 23.3 Å². The van der Waals surface area contributed by atoms with Crippen molar-refractivity contribution in [2.45, 2.75) is 64.6 Å². The molecule has 2 heteroatoms. The van der Waals surface area contributed by atoms with Gasteiger partial charge in [-0.25, -0.2) is 0 Å². The molecule has 14 heavy (non-hydrogen) atoms. The second kappa shape index (κ2) is 3.49. The molecule has 0 aromatic rings. The summed E-state index contributed by atoms with van der Waals surface area (Å²) in [4.78, 5) is 0. The molecule has 2 fully saturated rings. The number of aliphatic hydroxyl groups is 1. The van der Waals surface area contributed by atoms with Gasteiger partial charge in [0, 0.05) is 17.5 Å². The Balaban J connectivity index is 1.74. The number of hydrogen-bond acceptors (Lipinski definition) is 2. The zero-order chi connectivity index (χ0) is 10.3. The van der Waals surface area contributed by atoms with E-state index in [0.717, 1.165) is 12.3 Å². The van der Waals surface area contributed by atoms with Gasteiger partial charge >= 0.3 is 0 Å². The van der Waals surface area contributed by atoms with Gasteiger partial charge in [-0.15, -0.1) is 0 Å². The standard InChI is InChI=1S/C12H23NO/c1-8(6-9-4-5-9)13-10-7-11(14)12(10,2)3/h8-11,13-14H,4-7H2,1-3H3. The summed E-state index contributed by atoms with van der Waals surface area (Å²) in [5.74, 6) is 0.991. The summed E-state index contributed by atoms with van der Waals surface area (Å²) in [6, 6.07) is 1.14. The van der Waals surface area contributed by atoms with Crippen LogP contribution in [0.25, 0.3) is 0 Å². The lowest BCUT2D eigenvalue weighted by Crippen LogP contribution is -2.61. The van der Waals surface area contributed by atoms with E-state index >= 15 is 0 Å². The first-order chi connectivity index (χ1) is 6.50. The zero-order valence-corrected chi connectivity index (χ0v) is 9.59. The molecule has 0 aromatic carbocycles. The van der Waals surface area contributed by atoms with E-state index < -0.39 is 0 Å². The van der Waals surface area contributed by atoms with E-state index in [2.05, 4.69) is 26.1 Å². The van der Waals surface area contributed by atoms with Crippen LogP contribution in [0.15, 0.2) is 0 Å². The van der Waals surface area contributed by atoms with Crippen molar-refractivity contribution in [2.24, 2.45) is 11.3 Å². The van der Waals surface area contributed by atoms with Crippen LogP contribution in [0.2, 0.25) is 0 Å². The Labute approximate surface area is 87.1 Å². The van der Waals surface area contributed by atoms with Crippen LogP contribution in [0.4, 0.5) is 0 Å². The molecular weight excluding hydrogens is 174 g/mol. The topological polar surface area (TPSA) is 32.3 Å². The number of nitrogens with one attached hydrogen (secondary N) is 1. The van der Waals surface area contributed by atoms with Gasteiger partial charge in [-0.2, -0.15) is 0 Å². The third-order valence-electron chi connectivity index (χ3n) is 4.09. The Hall–Kier alpha value is -0.0800. The first kappa shape index (κ1) is 10.4. The van der Waals surface area contributed by atoms with Crippen molar-refractivity contribution in [1.29, 1.82) is 0 Å². The average Bonchev–Trinajstić information content (AvgIpc) is 2.88. The van der Waals surface area contributed by atoms with Crippen molar-refractivity contribution in [1.82, 2.24) is 5.32 Å². The lowest BCUT2D eigenvalue weighted by atomic mass is 9.64. The Kier molecular flexibility index (Phi) is 2.61. The largest absolute Gasteiger partial charge is 0.392 e. The smallest absolute Gasteiger partial charge is 0.0621 e. The van der Waals surface area contributed by atoms with Gasteiger partial charge in [0.2, 0.25) is 0 Å². The van der Waals surface area contributed by atoms with Crippen molar-refractivity contribution < 1.29 is 5.11 Å². The van der Waals surface area contributed by atoms with E-state index in [4.69, 9.17) is 0 Å². The maximum absolute atomic E-state index is 9.61. The molecule has 3 unspecified atom stereocenters. The number of hydrogen-bond donors (Lipinski definition) is 2. The first-order valence-electron chi connectivity index (χ1n) is 5.94. The van der Waals surface area contributed by atoms with Crippen molar-refractivity contribution in [3.63, 3.8) is 0 Å². The lowest BCUT2D eigenvalue weighted by molar-refractivity contribution is -0.0756. The maximum Gasteiger partial charge on any atom is 0.0621 e. The van der Waals surface area contributed by atoms with Gasteiger partial charge in [-0.3, -0.25) is 0 Å². The second-order valence-corrected chi connectivity index (χ2v) is 5.87. The molecule has 2 aliphatic carbocycles. The summed E-state index contributed by atoms with van der Waals surface area (Å²) in [7, 11) is 0. The fraction of sp³-hybridized carbons (Fsp3) is 1.00. The molecule has 0 saturated heterocycles. The average molecular weight is 197 g/mol. The van der Waals surface area contributed by atoms with Gasteiger partial charge in [-0.1, -0.05) is 26.7 Å². The predicted octanol–water partition coefficient (Wildman–Crippen LogP) is 1.92. The molecule has 2 nitrogen and oxygen atoms in total.